The SMILES string of the molecule is CC(C)C(=N)N1CCC(O)(CO)CC1. The first kappa shape index (κ1) is 11.5. The molecule has 3 N–H and O–H groups in total. The summed E-state index contributed by atoms with van der Waals surface area (Å²) in [4.78, 5) is 1.98. The smallest absolute Gasteiger partial charge is 0.0983 e. The Hall–Kier alpha value is -0.610. The molecule has 1 heterocycles. The number of hydrogen-bond acceptors (Lipinski definition) is 3. The molecule has 0 saturated carbocycles. The molecule has 1 fully saturated rings. The van der Waals surface area contributed by atoms with Gasteiger partial charge in [0.25, 0.3) is 0 Å². The third-order valence-electron chi connectivity index (χ3n) is 2.88. The van der Waals surface area contributed by atoms with E-state index in [4.69, 9.17) is 10.5 Å². The van der Waals surface area contributed by atoms with Crippen LogP contribution in [0, 0.1) is 11.3 Å². The lowest BCUT2D eigenvalue weighted by Crippen LogP contribution is -2.49. The lowest BCUT2D eigenvalue weighted by molar-refractivity contribution is -0.0503. The van der Waals surface area contributed by atoms with E-state index >= 15 is 0 Å². The van der Waals surface area contributed by atoms with Crippen molar-refractivity contribution < 1.29 is 10.2 Å². The fourth-order valence-corrected chi connectivity index (χ4v) is 1.69. The highest BCUT2D eigenvalue weighted by atomic mass is 16.3. The van der Waals surface area contributed by atoms with E-state index in [1.165, 1.54) is 0 Å². The fourth-order valence-electron chi connectivity index (χ4n) is 1.69. The first-order valence-electron chi connectivity index (χ1n) is 5.15. The Morgan fingerprint density at radius 2 is 1.93 bits per heavy atom. The van der Waals surface area contributed by atoms with Crippen LogP contribution in [-0.2, 0) is 0 Å². The van der Waals surface area contributed by atoms with E-state index in [2.05, 4.69) is 0 Å². The van der Waals surface area contributed by atoms with Gasteiger partial charge in [-0.25, -0.2) is 0 Å². The van der Waals surface area contributed by atoms with Gasteiger partial charge in [-0.1, -0.05) is 13.8 Å². The molecule has 1 aliphatic heterocycles. The minimum absolute atomic E-state index is 0.171. The Bertz CT molecular complexity index is 208. The summed E-state index contributed by atoms with van der Waals surface area (Å²) in [6.45, 7) is 5.17. The van der Waals surface area contributed by atoms with Crippen LogP contribution in [0.15, 0.2) is 0 Å². The van der Waals surface area contributed by atoms with Crippen LogP contribution in [0.2, 0.25) is 0 Å². The molecule has 0 bridgehead atoms. The number of piperidine rings is 1. The Balaban J connectivity index is 2.47. The van der Waals surface area contributed by atoms with Gasteiger partial charge >= 0.3 is 0 Å². The molecule has 0 radical (unpaired) electrons. The lowest BCUT2D eigenvalue weighted by Gasteiger charge is -2.39. The Morgan fingerprint density at radius 1 is 1.43 bits per heavy atom. The fraction of sp³-hybridized carbons (Fsp3) is 0.900. The van der Waals surface area contributed by atoms with Crippen LogP contribution in [-0.4, -0.2) is 46.2 Å². The molecule has 0 spiro atoms. The maximum atomic E-state index is 9.77. The summed E-state index contributed by atoms with van der Waals surface area (Å²) in [7, 11) is 0. The van der Waals surface area contributed by atoms with Crippen molar-refractivity contribution in [2.75, 3.05) is 19.7 Å². The zero-order valence-corrected chi connectivity index (χ0v) is 8.95. The summed E-state index contributed by atoms with van der Waals surface area (Å²) < 4.78 is 0. The van der Waals surface area contributed by atoms with Crippen molar-refractivity contribution >= 4 is 5.84 Å². The largest absolute Gasteiger partial charge is 0.393 e. The van der Waals surface area contributed by atoms with Crippen molar-refractivity contribution in [1.29, 1.82) is 5.41 Å². The minimum Gasteiger partial charge on any atom is -0.393 e. The molecule has 0 aromatic carbocycles. The molecule has 0 aromatic rings. The van der Waals surface area contributed by atoms with E-state index < -0.39 is 5.60 Å². The van der Waals surface area contributed by atoms with Gasteiger partial charge in [-0.3, -0.25) is 5.41 Å². The number of nitrogens with one attached hydrogen (secondary N) is 1. The highest BCUT2D eigenvalue weighted by molar-refractivity contribution is 5.81. The zero-order chi connectivity index (χ0) is 10.8. The average Bonchev–Trinajstić information content (AvgIpc) is 2.18. The van der Waals surface area contributed by atoms with E-state index in [1.54, 1.807) is 0 Å². The van der Waals surface area contributed by atoms with Crippen LogP contribution in [0.1, 0.15) is 26.7 Å². The molecule has 0 atom stereocenters. The van der Waals surface area contributed by atoms with E-state index in [0.717, 1.165) is 0 Å². The number of rotatable bonds is 2. The molecule has 4 heteroatoms. The predicted molar refractivity (Wildman–Crippen MR) is 55.4 cm³/mol. The summed E-state index contributed by atoms with van der Waals surface area (Å²) in [6.07, 6.45) is 1.11. The molecule has 82 valence electrons. The molecular formula is C10H20N2O2. The monoisotopic (exact) mass is 200 g/mol. The third-order valence-corrected chi connectivity index (χ3v) is 2.88. The standard InChI is InChI=1S/C10H20N2O2/c1-8(2)9(11)12-5-3-10(14,7-13)4-6-12/h8,11,13-14H,3-7H2,1-2H3. The summed E-state index contributed by atoms with van der Waals surface area (Å²) in [6, 6.07) is 0. The quantitative estimate of drug-likeness (QED) is 0.447. The molecular weight excluding hydrogens is 180 g/mol. The molecule has 1 rings (SSSR count). The van der Waals surface area contributed by atoms with Crippen LogP contribution in [0.5, 0.6) is 0 Å². The van der Waals surface area contributed by atoms with Crippen LogP contribution in [0.4, 0.5) is 0 Å². The number of amidine groups is 1. The molecule has 0 amide bonds. The second kappa shape index (κ2) is 4.28. The van der Waals surface area contributed by atoms with Crippen LogP contribution in [0.25, 0.3) is 0 Å². The molecule has 0 aromatic heterocycles. The van der Waals surface area contributed by atoms with Gasteiger partial charge in [0.2, 0.25) is 0 Å². The molecule has 4 nitrogen and oxygen atoms in total. The van der Waals surface area contributed by atoms with Crippen molar-refractivity contribution in [2.24, 2.45) is 5.92 Å². The van der Waals surface area contributed by atoms with Crippen LogP contribution in [0.3, 0.4) is 0 Å². The topological polar surface area (TPSA) is 67.6 Å². The van der Waals surface area contributed by atoms with Crippen molar-refractivity contribution in [3.8, 4) is 0 Å². The van der Waals surface area contributed by atoms with Crippen LogP contribution >= 0.6 is 0 Å². The number of aliphatic hydroxyl groups is 2. The molecule has 1 saturated heterocycles. The number of likely N-dealkylation sites (tertiary alicyclic amines) is 1. The lowest BCUT2D eigenvalue weighted by atomic mass is 9.92. The molecule has 0 aliphatic carbocycles. The van der Waals surface area contributed by atoms with Gasteiger partial charge in [-0.15, -0.1) is 0 Å². The minimum atomic E-state index is -0.909. The van der Waals surface area contributed by atoms with Crippen molar-refractivity contribution in [3.05, 3.63) is 0 Å². The predicted octanol–water partition coefficient (Wildman–Crippen LogP) is 0.439. The van der Waals surface area contributed by atoms with Crippen molar-refractivity contribution in [2.45, 2.75) is 32.3 Å². The van der Waals surface area contributed by atoms with E-state index in [-0.39, 0.29) is 12.5 Å². The van der Waals surface area contributed by atoms with Crippen LogP contribution < -0.4 is 0 Å². The van der Waals surface area contributed by atoms with Crippen molar-refractivity contribution in [1.82, 2.24) is 4.90 Å². The molecule has 14 heavy (non-hydrogen) atoms. The maximum Gasteiger partial charge on any atom is 0.0983 e. The molecule has 0 unspecified atom stereocenters. The summed E-state index contributed by atoms with van der Waals surface area (Å²) in [5, 5.41) is 26.5. The number of hydrogen-bond donors (Lipinski definition) is 3. The van der Waals surface area contributed by atoms with E-state index in [1.807, 2.05) is 18.7 Å². The summed E-state index contributed by atoms with van der Waals surface area (Å²) in [5.74, 6) is 0.861. The first-order valence-corrected chi connectivity index (χ1v) is 5.15. The highest BCUT2D eigenvalue weighted by Gasteiger charge is 2.32. The van der Waals surface area contributed by atoms with Gasteiger partial charge in [0, 0.05) is 19.0 Å². The van der Waals surface area contributed by atoms with E-state index in [9.17, 15) is 5.11 Å². The van der Waals surface area contributed by atoms with E-state index in [0.29, 0.717) is 31.8 Å². The first-order chi connectivity index (χ1) is 6.48. The van der Waals surface area contributed by atoms with Gasteiger partial charge in [0.1, 0.15) is 0 Å². The zero-order valence-electron chi connectivity index (χ0n) is 8.95. The Kier molecular flexibility index (Phi) is 3.50. The normalized spacial score (nSPS) is 21.4. The van der Waals surface area contributed by atoms with Gasteiger partial charge in [0.05, 0.1) is 18.0 Å². The summed E-state index contributed by atoms with van der Waals surface area (Å²) >= 11 is 0. The third kappa shape index (κ3) is 2.45. The maximum absolute atomic E-state index is 9.77. The second-order valence-electron chi connectivity index (χ2n) is 4.41. The summed E-state index contributed by atoms with van der Waals surface area (Å²) in [5.41, 5.74) is -0.909. The Labute approximate surface area is 85.1 Å². The average molecular weight is 200 g/mol. The Morgan fingerprint density at radius 3 is 2.29 bits per heavy atom. The van der Waals surface area contributed by atoms with Crippen molar-refractivity contribution in [3.63, 3.8) is 0 Å². The van der Waals surface area contributed by atoms with Gasteiger partial charge in [0.15, 0.2) is 0 Å². The molecule has 1 aliphatic rings. The second-order valence-corrected chi connectivity index (χ2v) is 4.41. The number of nitrogens with zero attached hydrogens (tertiary/aromatic N) is 1. The van der Waals surface area contributed by atoms with Gasteiger partial charge in [-0.05, 0) is 12.8 Å². The highest BCUT2D eigenvalue weighted by Crippen LogP contribution is 2.22. The number of aliphatic hydroxyl groups excluding tert-OH is 1. The van der Waals surface area contributed by atoms with Gasteiger partial charge in [-0.2, -0.15) is 0 Å². The van der Waals surface area contributed by atoms with Gasteiger partial charge < -0.3 is 15.1 Å².